The second-order valence-electron chi connectivity index (χ2n) is 6.60. The zero-order valence-electron chi connectivity index (χ0n) is 14.3. The minimum absolute atomic E-state index is 0.107. The number of rotatable bonds is 4. The van der Waals surface area contributed by atoms with Crippen molar-refractivity contribution in [1.29, 1.82) is 0 Å². The van der Waals surface area contributed by atoms with Crippen LogP contribution in [-0.2, 0) is 22.9 Å². The first-order valence-electron chi connectivity index (χ1n) is 8.63. The van der Waals surface area contributed by atoms with Gasteiger partial charge in [-0.25, -0.2) is 8.42 Å². The van der Waals surface area contributed by atoms with Gasteiger partial charge in [0.25, 0.3) is 10.0 Å². The van der Waals surface area contributed by atoms with Crippen LogP contribution in [0.5, 0.6) is 0 Å². The second kappa shape index (κ2) is 6.79. The van der Waals surface area contributed by atoms with E-state index in [4.69, 9.17) is 0 Å². The number of anilines is 1. The fourth-order valence-electron chi connectivity index (χ4n) is 3.44. The van der Waals surface area contributed by atoms with Crippen LogP contribution in [-0.4, -0.2) is 8.42 Å². The van der Waals surface area contributed by atoms with Gasteiger partial charge in [-0.2, -0.15) is 0 Å². The Balaban J connectivity index is 1.75. The SMILES string of the molecule is CCC1CCc2c(sc3cc(NS(=O)(=O)c4cccs4)ccc3c2=O)C1. The van der Waals surface area contributed by atoms with Gasteiger partial charge in [0.15, 0.2) is 5.43 Å². The fraction of sp³-hybridized carbons (Fsp3) is 0.316. The summed E-state index contributed by atoms with van der Waals surface area (Å²) in [4.78, 5) is 14.0. The molecule has 26 heavy (non-hydrogen) atoms. The van der Waals surface area contributed by atoms with Gasteiger partial charge >= 0.3 is 0 Å². The summed E-state index contributed by atoms with van der Waals surface area (Å²) < 4.78 is 28.6. The number of hydrogen-bond acceptors (Lipinski definition) is 5. The average Bonchev–Trinajstić information content (AvgIpc) is 3.16. The summed E-state index contributed by atoms with van der Waals surface area (Å²) in [5, 5.41) is 2.42. The molecule has 2 aromatic heterocycles. The normalized spacial score (nSPS) is 17.2. The monoisotopic (exact) mass is 405 g/mol. The summed E-state index contributed by atoms with van der Waals surface area (Å²) in [6.45, 7) is 2.19. The Morgan fingerprint density at radius 3 is 2.85 bits per heavy atom. The van der Waals surface area contributed by atoms with Crippen molar-refractivity contribution in [2.45, 2.75) is 36.8 Å². The van der Waals surface area contributed by atoms with Crippen LogP contribution in [0.3, 0.4) is 0 Å². The molecule has 0 amide bonds. The first kappa shape index (κ1) is 17.7. The van der Waals surface area contributed by atoms with Crippen molar-refractivity contribution in [3.05, 3.63) is 56.4 Å². The number of sulfonamides is 1. The van der Waals surface area contributed by atoms with E-state index in [1.54, 1.807) is 47.0 Å². The van der Waals surface area contributed by atoms with Crippen molar-refractivity contribution in [2.24, 2.45) is 5.92 Å². The molecule has 1 aliphatic rings. The zero-order valence-corrected chi connectivity index (χ0v) is 16.8. The van der Waals surface area contributed by atoms with Gasteiger partial charge in [-0.3, -0.25) is 9.52 Å². The number of thiophene rings is 1. The summed E-state index contributed by atoms with van der Waals surface area (Å²) in [6.07, 6.45) is 4.01. The molecule has 0 radical (unpaired) electrons. The molecule has 0 saturated carbocycles. The highest BCUT2D eigenvalue weighted by Crippen LogP contribution is 2.33. The molecule has 1 N–H and O–H groups in total. The van der Waals surface area contributed by atoms with Gasteiger partial charge in [0.05, 0.1) is 5.69 Å². The van der Waals surface area contributed by atoms with Crippen LogP contribution in [0.2, 0.25) is 0 Å². The molecule has 0 bridgehead atoms. The van der Waals surface area contributed by atoms with Gasteiger partial charge in [0.1, 0.15) is 4.21 Å². The van der Waals surface area contributed by atoms with E-state index in [-0.39, 0.29) is 9.64 Å². The van der Waals surface area contributed by atoms with Crippen LogP contribution >= 0.6 is 22.7 Å². The van der Waals surface area contributed by atoms with E-state index in [1.165, 1.54) is 16.2 Å². The Morgan fingerprint density at radius 1 is 1.27 bits per heavy atom. The van der Waals surface area contributed by atoms with Crippen molar-refractivity contribution < 1.29 is 8.42 Å². The van der Waals surface area contributed by atoms with Gasteiger partial charge in [0, 0.05) is 20.5 Å². The third-order valence-electron chi connectivity index (χ3n) is 4.94. The van der Waals surface area contributed by atoms with E-state index in [0.29, 0.717) is 17.0 Å². The van der Waals surface area contributed by atoms with Gasteiger partial charge < -0.3 is 0 Å². The summed E-state index contributed by atoms with van der Waals surface area (Å²) in [5.74, 6) is 0.635. The Bertz CT molecular complexity index is 1110. The largest absolute Gasteiger partial charge is 0.289 e. The molecule has 3 aromatic rings. The smallest absolute Gasteiger partial charge is 0.271 e. The van der Waals surface area contributed by atoms with E-state index in [0.717, 1.165) is 35.9 Å². The maximum Gasteiger partial charge on any atom is 0.271 e. The summed E-state index contributed by atoms with van der Waals surface area (Å²) >= 11 is 2.81. The Kier molecular flexibility index (Phi) is 4.62. The standard InChI is InChI=1S/C19H19NO3S3/c1-2-12-5-7-14-16(10-12)25-17-11-13(6-8-15(17)19(14)21)20-26(22,23)18-4-3-9-24-18/h3-4,6,8-9,11-12,20H,2,5,7,10H2,1H3. The Morgan fingerprint density at radius 2 is 2.12 bits per heavy atom. The molecule has 1 atom stereocenters. The van der Waals surface area contributed by atoms with Crippen molar-refractivity contribution >= 4 is 48.5 Å². The highest BCUT2D eigenvalue weighted by atomic mass is 32.2. The maximum absolute atomic E-state index is 12.8. The molecular weight excluding hydrogens is 386 g/mol. The molecule has 0 spiro atoms. The van der Waals surface area contributed by atoms with Gasteiger partial charge in [0.2, 0.25) is 0 Å². The fourth-order valence-corrected chi connectivity index (χ4v) is 6.84. The summed E-state index contributed by atoms with van der Waals surface area (Å²) in [5.41, 5.74) is 1.56. The van der Waals surface area contributed by atoms with Crippen molar-refractivity contribution in [3.8, 4) is 0 Å². The molecule has 1 aromatic carbocycles. The lowest BCUT2D eigenvalue weighted by atomic mass is 9.87. The third kappa shape index (κ3) is 3.19. The van der Waals surface area contributed by atoms with Crippen LogP contribution in [0, 0.1) is 5.92 Å². The van der Waals surface area contributed by atoms with Crippen LogP contribution in [0.25, 0.3) is 10.1 Å². The molecule has 0 saturated heterocycles. The summed E-state index contributed by atoms with van der Waals surface area (Å²) in [6, 6.07) is 8.48. The van der Waals surface area contributed by atoms with E-state index >= 15 is 0 Å². The molecular formula is C19H19NO3S3. The molecule has 4 nitrogen and oxygen atoms in total. The molecule has 136 valence electrons. The molecule has 1 unspecified atom stereocenters. The lowest BCUT2D eigenvalue weighted by Gasteiger charge is -2.22. The van der Waals surface area contributed by atoms with Crippen LogP contribution in [0.1, 0.15) is 30.2 Å². The molecule has 7 heteroatoms. The lowest BCUT2D eigenvalue weighted by Crippen LogP contribution is -2.20. The average molecular weight is 406 g/mol. The summed E-state index contributed by atoms with van der Waals surface area (Å²) in [7, 11) is -3.58. The van der Waals surface area contributed by atoms with Crippen LogP contribution in [0.15, 0.2) is 44.7 Å². The number of fused-ring (bicyclic) bond motifs is 2. The second-order valence-corrected chi connectivity index (χ2v) is 10.6. The number of nitrogens with one attached hydrogen (secondary N) is 1. The van der Waals surface area contributed by atoms with Gasteiger partial charge in [-0.15, -0.1) is 22.7 Å². The predicted octanol–water partition coefficient (Wildman–Crippen LogP) is 4.64. The van der Waals surface area contributed by atoms with Crippen molar-refractivity contribution in [1.82, 2.24) is 0 Å². The maximum atomic E-state index is 12.8. The predicted molar refractivity (Wildman–Crippen MR) is 109 cm³/mol. The van der Waals surface area contributed by atoms with E-state index in [9.17, 15) is 13.2 Å². The third-order valence-corrected chi connectivity index (χ3v) is 8.93. The quantitative estimate of drug-likeness (QED) is 0.688. The van der Waals surface area contributed by atoms with E-state index in [1.807, 2.05) is 0 Å². The first-order chi connectivity index (χ1) is 12.5. The molecule has 1 aliphatic carbocycles. The van der Waals surface area contributed by atoms with E-state index in [2.05, 4.69) is 11.6 Å². The van der Waals surface area contributed by atoms with Crippen LogP contribution in [0.4, 0.5) is 5.69 Å². The highest BCUT2D eigenvalue weighted by molar-refractivity contribution is 7.94. The molecule has 0 aliphatic heterocycles. The van der Waals surface area contributed by atoms with Crippen molar-refractivity contribution in [2.75, 3.05) is 4.72 Å². The van der Waals surface area contributed by atoms with E-state index < -0.39 is 10.0 Å². The molecule has 2 heterocycles. The number of hydrogen-bond donors (Lipinski definition) is 1. The topological polar surface area (TPSA) is 63.2 Å². The minimum atomic E-state index is -3.58. The van der Waals surface area contributed by atoms with Crippen LogP contribution < -0.4 is 10.2 Å². The zero-order chi connectivity index (χ0) is 18.3. The van der Waals surface area contributed by atoms with Crippen molar-refractivity contribution in [3.63, 3.8) is 0 Å². The first-order valence-corrected chi connectivity index (χ1v) is 11.8. The Hall–Kier alpha value is -1.70. The van der Waals surface area contributed by atoms with Gasteiger partial charge in [-0.1, -0.05) is 19.4 Å². The Labute approximate surface area is 160 Å². The molecule has 0 fully saturated rings. The van der Waals surface area contributed by atoms with Gasteiger partial charge in [-0.05, 0) is 54.8 Å². The molecule has 4 rings (SSSR count). The number of benzene rings is 1. The minimum Gasteiger partial charge on any atom is -0.289 e. The lowest BCUT2D eigenvalue weighted by molar-refractivity contribution is 0.448. The highest BCUT2D eigenvalue weighted by Gasteiger charge is 2.22.